The molecule has 0 fully saturated rings. The summed E-state index contributed by atoms with van der Waals surface area (Å²) in [5, 5.41) is 8.85. The molecule has 0 unspecified atom stereocenters. The molecule has 1 rings (SSSR count). The zero-order valence-corrected chi connectivity index (χ0v) is 11.2. The summed E-state index contributed by atoms with van der Waals surface area (Å²) in [6.07, 6.45) is 1.68. The number of rotatable bonds is 5. The molecule has 0 saturated heterocycles. The number of ether oxygens (including phenoxy) is 1. The molecular weight excluding hydrogens is 234 g/mol. The maximum absolute atomic E-state index is 12.0. The van der Waals surface area contributed by atoms with E-state index in [1.54, 1.807) is 18.4 Å². The standard InChI is InChI=1S/C13H21NO4/c1-13(2,3)18-12(16)14(7-5-8-15)10-11-6-4-9-17-11/h4,6,9,15H,5,7-8,10H2,1-3H3. The van der Waals surface area contributed by atoms with Crippen molar-refractivity contribution in [2.45, 2.75) is 39.3 Å². The Kier molecular flexibility index (Phi) is 5.22. The maximum Gasteiger partial charge on any atom is 0.410 e. The summed E-state index contributed by atoms with van der Waals surface area (Å²) < 4.78 is 10.5. The number of amides is 1. The Morgan fingerprint density at radius 2 is 2.22 bits per heavy atom. The van der Waals surface area contributed by atoms with Crippen molar-refractivity contribution in [3.8, 4) is 0 Å². The average Bonchev–Trinajstić information content (AvgIpc) is 2.74. The molecule has 0 aliphatic carbocycles. The highest BCUT2D eigenvalue weighted by atomic mass is 16.6. The molecule has 1 amide bonds. The van der Waals surface area contributed by atoms with Crippen molar-refractivity contribution < 1.29 is 19.1 Å². The van der Waals surface area contributed by atoms with Gasteiger partial charge in [0.2, 0.25) is 0 Å². The monoisotopic (exact) mass is 255 g/mol. The van der Waals surface area contributed by atoms with Crippen molar-refractivity contribution in [1.29, 1.82) is 0 Å². The fourth-order valence-electron chi connectivity index (χ4n) is 1.41. The van der Waals surface area contributed by atoms with Crippen LogP contribution >= 0.6 is 0 Å². The number of furan rings is 1. The Hall–Kier alpha value is -1.49. The maximum atomic E-state index is 12.0. The smallest absolute Gasteiger partial charge is 0.410 e. The van der Waals surface area contributed by atoms with E-state index in [0.717, 1.165) is 0 Å². The van der Waals surface area contributed by atoms with E-state index >= 15 is 0 Å². The van der Waals surface area contributed by atoms with E-state index in [-0.39, 0.29) is 6.61 Å². The van der Waals surface area contributed by atoms with Crippen molar-refractivity contribution in [1.82, 2.24) is 4.90 Å². The molecule has 0 atom stereocenters. The first kappa shape index (κ1) is 14.6. The van der Waals surface area contributed by atoms with Gasteiger partial charge in [-0.25, -0.2) is 4.79 Å². The van der Waals surface area contributed by atoms with Gasteiger partial charge >= 0.3 is 6.09 Å². The second-order valence-corrected chi connectivity index (χ2v) is 5.06. The molecular formula is C13H21NO4. The third-order valence-corrected chi connectivity index (χ3v) is 2.16. The largest absolute Gasteiger partial charge is 0.467 e. The molecule has 1 heterocycles. The highest BCUT2D eigenvalue weighted by Gasteiger charge is 2.22. The Bertz CT molecular complexity index is 354. The van der Waals surface area contributed by atoms with Crippen LogP contribution in [0.2, 0.25) is 0 Å². The van der Waals surface area contributed by atoms with Crippen molar-refractivity contribution in [2.75, 3.05) is 13.2 Å². The molecule has 0 spiro atoms. The number of hydrogen-bond acceptors (Lipinski definition) is 4. The van der Waals surface area contributed by atoms with Crippen molar-refractivity contribution >= 4 is 6.09 Å². The van der Waals surface area contributed by atoms with Gasteiger partial charge in [0, 0.05) is 13.2 Å². The Morgan fingerprint density at radius 3 is 2.72 bits per heavy atom. The van der Waals surface area contributed by atoms with E-state index in [1.807, 2.05) is 20.8 Å². The molecule has 0 saturated carbocycles. The Labute approximate surface area is 107 Å². The number of aliphatic hydroxyl groups excluding tert-OH is 1. The number of nitrogens with zero attached hydrogens (tertiary/aromatic N) is 1. The summed E-state index contributed by atoms with van der Waals surface area (Å²) in [5.41, 5.74) is -0.530. The zero-order valence-electron chi connectivity index (χ0n) is 11.2. The fourth-order valence-corrected chi connectivity index (χ4v) is 1.41. The highest BCUT2D eigenvalue weighted by molar-refractivity contribution is 5.68. The lowest BCUT2D eigenvalue weighted by Crippen LogP contribution is -2.37. The summed E-state index contributed by atoms with van der Waals surface area (Å²) in [4.78, 5) is 13.5. The van der Waals surface area contributed by atoms with Crippen molar-refractivity contribution in [2.24, 2.45) is 0 Å². The van der Waals surface area contributed by atoms with Crippen LogP contribution in [0.3, 0.4) is 0 Å². The first-order valence-corrected chi connectivity index (χ1v) is 6.03. The van der Waals surface area contributed by atoms with E-state index in [9.17, 15) is 4.79 Å². The minimum atomic E-state index is -0.530. The summed E-state index contributed by atoms with van der Waals surface area (Å²) in [7, 11) is 0. The first-order chi connectivity index (χ1) is 8.42. The molecule has 18 heavy (non-hydrogen) atoms. The molecule has 0 bridgehead atoms. The highest BCUT2D eigenvalue weighted by Crippen LogP contribution is 2.13. The van der Waals surface area contributed by atoms with Gasteiger partial charge in [-0.3, -0.25) is 0 Å². The lowest BCUT2D eigenvalue weighted by atomic mass is 10.2. The Balaban J connectivity index is 2.62. The molecule has 1 aromatic rings. The van der Waals surface area contributed by atoms with Crippen LogP contribution in [0.1, 0.15) is 33.0 Å². The van der Waals surface area contributed by atoms with Crippen LogP contribution in [0.5, 0.6) is 0 Å². The summed E-state index contributed by atoms with van der Waals surface area (Å²) in [6.45, 7) is 6.29. The van der Waals surface area contributed by atoms with Gasteiger partial charge in [0.1, 0.15) is 11.4 Å². The summed E-state index contributed by atoms with van der Waals surface area (Å²) in [6, 6.07) is 3.57. The van der Waals surface area contributed by atoms with E-state index in [4.69, 9.17) is 14.3 Å². The van der Waals surface area contributed by atoms with Gasteiger partial charge in [-0.05, 0) is 39.3 Å². The van der Waals surface area contributed by atoms with E-state index in [1.165, 1.54) is 4.90 Å². The van der Waals surface area contributed by atoms with Crippen LogP contribution in [0.15, 0.2) is 22.8 Å². The quantitative estimate of drug-likeness (QED) is 0.877. The van der Waals surface area contributed by atoms with Gasteiger partial charge in [0.15, 0.2) is 0 Å². The van der Waals surface area contributed by atoms with Crippen LogP contribution in [0, 0.1) is 0 Å². The normalized spacial score (nSPS) is 11.3. The predicted molar refractivity (Wildman–Crippen MR) is 67.1 cm³/mol. The molecule has 102 valence electrons. The summed E-state index contributed by atoms with van der Waals surface area (Å²) >= 11 is 0. The predicted octanol–water partition coefficient (Wildman–Crippen LogP) is 2.40. The van der Waals surface area contributed by atoms with E-state index < -0.39 is 11.7 Å². The number of aliphatic hydroxyl groups is 1. The van der Waals surface area contributed by atoms with Crippen LogP contribution < -0.4 is 0 Å². The fraction of sp³-hybridized carbons (Fsp3) is 0.615. The van der Waals surface area contributed by atoms with E-state index in [0.29, 0.717) is 25.3 Å². The SMILES string of the molecule is CC(C)(C)OC(=O)N(CCCO)Cc1ccco1. The first-order valence-electron chi connectivity index (χ1n) is 6.03. The third kappa shape index (κ3) is 5.23. The molecule has 0 aliphatic heterocycles. The third-order valence-electron chi connectivity index (χ3n) is 2.16. The molecule has 1 N–H and O–H groups in total. The molecule has 0 aromatic carbocycles. The van der Waals surface area contributed by atoms with Gasteiger partial charge in [-0.2, -0.15) is 0 Å². The summed E-state index contributed by atoms with van der Waals surface area (Å²) in [5.74, 6) is 0.693. The van der Waals surface area contributed by atoms with Gasteiger partial charge in [-0.15, -0.1) is 0 Å². The lowest BCUT2D eigenvalue weighted by molar-refractivity contribution is 0.0211. The second kappa shape index (κ2) is 6.44. The molecule has 5 nitrogen and oxygen atoms in total. The molecule has 5 heteroatoms. The van der Waals surface area contributed by atoms with Gasteiger partial charge < -0.3 is 19.2 Å². The van der Waals surface area contributed by atoms with E-state index in [2.05, 4.69) is 0 Å². The molecule has 0 radical (unpaired) electrons. The minimum Gasteiger partial charge on any atom is -0.467 e. The van der Waals surface area contributed by atoms with Crippen molar-refractivity contribution in [3.05, 3.63) is 24.2 Å². The van der Waals surface area contributed by atoms with Gasteiger partial charge in [-0.1, -0.05) is 0 Å². The number of carbonyl (C=O) groups excluding carboxylic acids is 1. The van der Waals surface area contributed by atoms with Crippen LogP contribution in [0.25, 0.3) is 0 Å². The lowest BCUT2D eigenvalue weighted by Gasteiger charge is -2.26. The van der Waals surface area contributed by atoms with Gasteiger partial charge in [0.25, 0.3) is 0 Å². The van der Waals surface area contributed by atoms with Crippen LogP contribution in [-0.2, 0) is 11.3 Å². The van der Waals surface area contributed by atoms with Gasteiger partial charge in [0.05, 0.1) is 12.8 Å². The van der Waals surface area contributed by atoms with Crippen LogP contribution in [-0.4, -0.2) is 34.9 Å². The average molecular weight is 255 g/mol. The van der Waals surface area contributed by atoms with Crippen LogP contribution in [0.4, 0.5) is 4.79 Å². The molecule has 0 aliphatic rings. The molecule has 1 aromatic heterocycles. The number of carbonyl (C=O) groups is 1. The van der Waals surface area contributed by atoms with Crippen molar-refractivity contribution in [3.63, 3.8) is 0 Å². The second-order valence-electron chi connectivity index (χ2n) is 5.06. The Morgan fingerprint density at radius 1 is 1.50 bits per heavy atom. The zero-order chi connectivity index (χ0) is 13.6. The topological polar surface area (TPSA) is 62.9 Å². The minimum absolute atomic E-state index is 0.0391. The number of hydrogen-bond donors (Lipinski definition) is 1.